The molecular formula is C3H5FO. The molecule has 0 fully saturated rings. The first kappa shape index (κ1) is 4.63. The number of hydrogen-bond donors (Lipinski definition) is 0. The topological polar surface area (TPSA) is 9.23 Å². The van der Waals surface area contributed by atoms with Crippen LogP contribution in [0.25, 0.3) is 0 Å². The molecular weight excluding hydrogens is 71.0 g/mol. The lowest BCUT2D eigenvalue weighted by Gasteiger charge is -1.72. The van der Waals surface area contributed by atoms with Gasteiger partial charge >= 0.3 is 0 Å². The molecule has 0 saturated carbocycles. The third kappa shape index (κ3) is 3.63. The Morgan fingerprint density at radius 2 is 2.60 bits per heavy atom. The van der Waals surface area contributed by atoms with E-state index in [0.29, 0.717) is 0 Å². The van der Waals surface area contributed by atoms with Crippen LogP contribution in [-0.2, 0) is 4.94 Å². The molecule has 0 heterocycles. The molecule has 0 aromatic rings. The average Bonchev–Trinajstić information content (AvgIpc) is 1.41. The fraction of sp³-hybridized carbons (Fsp3) is 0.333. The molecule has 0 aliphatic rings. The van der Waals surface area contributed by atoms with E-state index in [1.54, 1.807) is 0 Å². The fourth-order valence-electron chi connectivity index (χ4n) is 0.0445. The van der Waals surface area contributed by atoms with Gasteiger partial charge in [0.1, 0.15) is 6.61 Å². The smallest absolute Gasteiger partial charge is 0.105 e. The zero-order chi connectivity index (χ0) is 4.12. The molecule has 2 heteroatoms. The lowest BCUT2D eigenvalue weighted by molar-refractivity contribution is -0.117. The summed E-state index contributed by atoms with van der Waals surface area (Å²) in [6, 6.07) is 0. The van der Waals surface area contributed by atoms with Crippen molar-refractivity contribution in [2.24, 2.45) is 0 Å². The summed E-state index contributed by atoms with van der Waals surface area (Å²) in [5.41, 5.74) is 0. The van der Waals surface area contributed by atoms with Gasteiger partial charge in [-0.15, -0.1) is 6.58 Å². The Balaban J connectivity index is 2.40. The van der Waals surface area contributed by atoms with E-state index in [2.05, 4.69) is 11.5 Å². The molecule has 0 radical (unpaired) electrons. The molecule has 0 amide bonds. The van der Waals surface area contributed by atoms with E-state index in [4.69, 9.17) is 0 Å². The summed E-state index contributed by atoms with van der Waals surface area (Å²) in [7, 11) is 0. The maximum atomic E-state index is 10.4. The van der Waals surface area contributed by atoms with Crippen LogP contribution in [0.1, 0.15) is 0 Å². The molecule has 1 nitrogen and oxygen atoms in total. The predicted molar refractivity (Wildman–Crippen MR) is 17.3 cm³/mol. The Morgan fingerprint density at radius 1 is 2.00 bits per heavy atom. The van der Waals surface area contributed by atoms with E-state index in [9.17, 15) is 4.53 Å². The summed E-state index contributed by atoms with van der Waals surface area (Å²) in [6.45, 7) is 3.17. The highest BCUT2D eigenvalue weighted by atomic mass is 19.3. The number of rotatable bonds is 2. The summed E-state index contributed by atoms with van der Waals surface area (Å²) < 4.78 is 10.4. The molecule has 30 valence electrons. The van der Waals surface area contributed by atoms with Gasteiger partial charge in [0, 0.05) is 0 Å². The molecule has 0 unspecified atom stereocenters. The van der Waals surface area contributed by atoms with Gasteiger partial charge in [-0.1, -0.05) is 6.08 Å². The van der Waals surface area contributed by atoms with Gasteiger partial charge < -0.3 is 0 Å². The van der Waals surface area contributed by atoms with Crippen LogP contribution in [0.5, 0.6) is 0 Å². The van der Waals surface area contributed by atoms with Gasteiger partial charge in [-0.3, -0.25) is 0 Å². The van der Waals surface area contributed by atoms with E-state index in [1.165, 1.54) is 6.08 Å². The van der Waals surface area contributed by atoms with E-state index >= 15 is 0 Å². The maximum absolute atomic E-state index is 10.4. The van der Waals surface area contributed by atoms with Crippen molar-refractivity contribution in [1.29, 1.82) is 0 Å². The molecule has 0 atom stereocenters. The quantitative estimate of drug-likeness (QED) is 0.447. The van der Waals surface area contributed by atoms with Crippen molar-refractivity contribution in [3.8, 4) is 0 Å². The van der Waals surface area contributed by atoms with Gasteiger partial charge in [0.05, 0.1) is 0 Å². The summed E-state index contributed by atoms with van der Waals surface area (Å²) in [6.07, 6.45) is 1.33. The molecule has 0 aliphatic carbocycles. The summed E-state index contributed by atoms with van der Waals surface area (Å²) in [5.74, 6) is 0. The van der Waals surface area contributed by atoms with Crippen LogP contribution < -0.4 is 0 Å². The Hall–Kier alpha value is -0.370. The Labute approximate surface area is 30.0 Å². The van der Waals surface area contributed by atoms with E-state index in [0.717, 1.165) is 0 Å². The van der Waals surface area contributed by atoms with Gasteiger partial charge in [-0.2, -0.15) is 4.94 Å². The zero-order valence-electron chi connectivity index (χ0n) is 2.78. The molecule has 0 aromatic heterocycles. The van der Waals surface area contributed by atoms with Gasteiger partial charge in [0.15, 0.2) is 0 Å². The van der Waals surface area contributed by atoms with E-state index in [1.807, 2.05) is 0 Å². The summed E-state index contributed by atoms with van der Waals surface area (Å²) >= 11 is 0. The Bertz CT molecular complexity index is 28.1. The monoisotopic (exact) mass is 76.0 g/mol. The summed E-state index contributed by atoms with van der Waals surface area (Å²) in [4.78, 5) is 3.07. The molecule has 0 aromatic carbocycles. The number of hydrogen-bond acceptors (Lipinski definition) is 1. The van der Waals surface area contributed by atoms with Gasteiger partial charge in [-0.05, 0) is 4.53 Å². The second-order valence-corrected chi connectivity index (χ2v) is 0.564. The van der Waals surface area contributed by atoms with Gasteiger partial charge in [0.25, 0.3) is 0 Å². The van der Waals surface area contributed by atoms with Crippen molar-refractivity contribution in [2.45, 2.75) is 0 Å². The van der Waals surface area contributed by atoms with Crippen molar-refractivity contribution in [3.63, 3.8) is 0 Å². The number of halogens is 1. The van der Waals surface area contributed by atoms with E-state index in [-0.39, 0.29) is 6.61 Å². The molecule has 0 aliphatic heterocycles. The third-order valence-electron chi connectivity index (χ3n) is 0.181. The Kier molecular flexibility index (Phi) is 3.36. The highest BCUT2D eigenvalue weighted by molar-refractivity contribution is 4.61. The fourth-order valence-corrected chi connectivity index (χ4v) is 0.0445. The van der Waals surface area contributed by atoms with Crippen molar-refractivity contribution < 1.29 is 9.47 Å². The SMILES string of the molecule is C=CCOF. The van der Waals surface area contributed by atoms with Crippen molar-refractivity contribution in [1.82, 2.24) is 0 Å². The molecule has 0 N–H and O–H groups in total. The van der Waals surface area contributed by atoms with Crippen LogP contribution in [0.15, 0.2) is 12.7 Å². The van der Waals surface area contributed by atoms with E-state index < -0.39 is 0 Å². The van der Waals surface area contributed by atoms with Crippen molar-refractivity contribution in [2.75, 3.05) is 6.61 Å². The van der Waals surface area contributed by atoms with Crippen LogP contribution in [0.2, 0.25) is 0 Å². The predicted octanol–water partition coefficient (Wildman–Crippen LogP) is 1.07. The Morgan fingerprint density at radius 3 is 2.60 bits per heavy atom. The summed E-state index contributed by atoms with van der Waals surface area (Å²) in [5, 5.41) is 0. The minimum absolute atomic E-state index is 0.0139. The first-order chi connectivity index (χ1) is 2.41. The van der Waals surface area contributed by atoms with Crippen molar-refractivity contribution in [3.05, 3.63) is 12.7 Å². The molecule has 0 saturated heterocycles. The second-order valence-electron chi connectivity index (χ2n) is 0.564. The highest BCUT2D eigenvalue weighted by Gasteiger charge is 1.63. The van der Waals surface area contributed by atoms with Gasteiger partial charge in [0.2, 0.25) is 0 Å². The minimum atomic E-state index is -0.0139. The van der Waals surface area contributed by atoms with Crippen molar-refractivity contribution >= 4 is 0 Å². The third-order valence-corrected chi connectivity index (χ3v) is 0.181. The van der Waals surface area contributed by atoms with Crippen LogP contribution in [-0.4, -0.2) is 6.61 Å². The lowest BCUT2D eigenvalue weighted by atomic mass is 10.7. The molecule has 0 bridgehead atoms. The first-order valence-electron chi connectivity index (χ1n) is 1.26. The standard InChI is InChI=1S/C3H5FO/c1-2-3-5-4/h2H,1,3H2. The van der Waals surface area contributed by atoms with Crippen LogP contribution >= 0.6 is 0 Å². The second kappa shape index (κ2) is 3.63. The maximum Gasteiger partial charge on any atom is 0.105 e. The lowest BCUT2D eigenvalue weighted by Crippen LogP contribution is -1.70. The largest absolute Gasteiger partial charge is 0.190 e. The minimum Gasteiger partial charge on any atom is -0.190 e. The highest BCUT2D eigenvalue weighted by Crippen LogP contribution is 1.68. The van der Waals surface area contributed by atoms with Gasteiger partial charge in [-0.25, -0.2) is 0 Å². The van der Waals surface area contributed by atoms with Crippen LogP contribution in [0.4, 0.5) is 4.53 Å². The molecule has 0 spiro atoms. The zero-order valence-corrected chi connectivity index (χ0v) is 2.78. The normalized spacial score (nSPS) is 7.40. The van der Waals surface area contributed by atoms with Crippen LogP contribution in [0.3, 0.4) is 0 Å². The van der Waals surface area contributed by atoms with Crippen LogP contribution in [0, 0.1) is 0 Å². The molecule has 5 heavy (non-hydrogen) atoms. The first-order valence-corrected chi connectivity index (χ1v) is 1.26. The average molecular weight is 76.1 g/mol. The molecule has 0 rings (SSSR count).